The highest BCUT2D eigenvalue weighted by Crippen LogP contribution is 2.16. The monoisotopic (exact) mass is 259 g/mol. The van der Waals surface area contributed by atoms with E-state index in [1.807, 2.05) is 0 Å². The molecule has 0 atom stereocenters. The first kappa shape index (κ1) is 14.4. The second-order valence-electron chi connectivity index (χ2n) is 4.38. The topological polar surface area (TPSA) is 21.3 Å². The average Bonchev–Trinajstić information content (AvgIpc) is 2.25. The molecule has 0 spiro atoms. The molecule has 1 aromatic rings. The van der Waals surface area contributed by atoms with E-state index >= 15 is 0 Å². The first-order valence-corrected chi connectivity index (χ1v) is 6.19. The van der Waals surface area contributed by atoms with E-state index in [9.17, 15) is 4.39 Å². The molecule has 0 saturated heterocycles. The smallest absolute Gasteiger partial charge is 0.124 e. The summed E-state index contributed by atoms with van der Waals surface area (Å²) in [5, 5.41) is 3.66. The Balaban J connectivity index is 2.18. The molecule has 2 nitrogen and oxygen atoms in total. The van der Waals surface area contributed by atoms with Gasteiger partial charge < -0.3 is 10.1 Å². The van der Waals surface area contributed by atoms with Gasteiger partial charge in [0.1, 0.15) is 5.82 Å². The molecular formula is C13H19ClFNO. The molecule has 0 aliphatic rings. The maximum atomic E-state index is 12.8. The third kappa shape index (κ3) is 6.01. The van der Waals surface area contributed by atoms with Crippen LogP contribution in [0.1, 0.15) is 19.4 Å². The Morgan fingerprint density at radius 3 is 2.82 bits per heavy atom. The van der Waals surface area contributed by atoms with Crippen molar-refractivity contribution in [1.29, 1.82) is 0 Å². The molecule has 17 heavy (non-hydrogen) atoms. The van der Waals surface area contributed by atoms with Crippen molar-refractivity contribution in [1.82, 2.24) is 5.32 Å². The van der Waals surface area contributed by atoms with Gasteiger partial charge in [0, 0.05) is 24.7 Å². The van der Waals surface area contributed by atoms with Gasteiger partial charge in [-0.05, 0) is 23.6 Å². The highest BCUT2D eigenvalue weighted by molar-refractivity contribution is 6.31. The van der Waals surface area contributed by atoms with Crippen LogP contribution in [0.5, 0.6) is 0 Å². The summed E-state index contributed by atoms with van der Waals surface area (Å²) < 4.78 is 18.2. The average molecular weight is 260 g/mol. The van der Waals surface area contributed by atoms with Crippen molar-refractivity contribution >= 4 is 11.6 Å². The van der Waals surface area contributed by atoms with Gasteiger partial charge in [-0.2, -0.15) is 0 Å². The maximum absolute atomic E-state index is 12.8. The Labute approximate surface area is 107 Å². The summed E-state index contributed by atoms with van der Waals surface area (Å²) in [6.07, 6.45) is 0. The Morgan fingerprint density at radius 1 is 1.41 bits per heavy atom. The molecule has 0 aliphatic carbocycles. The van der Waals surface area contributed by atoms with Crippen molar-refractivity contribution in [3.8, 4) is 0 Å². The van der Waals surface area contributed by atoms with Gasteiger partial charge in [-0.15, -0.1) is 0 Å². The Hall–Kier alpha value is -0.640. The molecule has 0 amide bonds. The van der Waals surface area contributed by atoms with E-state index in [1.54, 1.807) is 6.07 Å². The van der Waals surface area contributed by atoms with Gasteiger partial charge in [0.25, 0.3) is 0 Å². The molecule has 0 fully saturated rings. The Morgan fingerprint density at radius 2 is 2.18 bits per heavy atom. The molecule has 0 saturated carbocycles. The van der Waals surface area contributed by atoms with Crippen LogP contribution in [-0.4, -0.2) is 19.8 Å². The molecule has 0 heterocycles. The summed E-state index contributed by atoms with van der Waals surface area (Å²) in [7, 11) is 0. The highest BCUT2D eigenvalue weighted by Gasteiger charge is 2.01. The predicted octanol–water partition coefficient (Wildman–Crippen LogP) is 3.24. The van der Waals surface area contributed by atoms with Crippen molar-refractivity contribution in [2.24, 2.45) is 5.92 Å². The van der Waals surface area contributed by atoms with Crippen molar-refractivity contribution < 1.29 is 9.13 Å². The van der Waals surface area contributed by atoms with E-state index in [-0.39, 0.29) is 5.82 Å². The fourth-order valence-corrected chi connectivity index (χ4v) is 1.59. The Bertz CT molecular complexity index is 344. The van der Waals surface area contributed by atoms with Gasteiger partial charge in [0.2, 0.25) is 0 Å². The Kier molecular flexibility index (Phi) is 6.48. The molecule has 1 N–H and O–H groups in total. The lowest BCUT2D eigenvalue weighted by molar-refractivity contribution is 0.111. The molecular weight excluding hydrogens is 241 g/mol. The molecule has 0 bridgehead atoms. The number of benzene rings is 1. The second-order valence-corrected chi connectivity index (χ2v) is 4.79. The van der Waals surface area contributed by atoms with Crippen LogP contribution in [0.25, 0.3) is 0 Å². The first-order chi connectivity index (χ1) is 8.09. The van der Waals surface area contributed by atoms with Crippen LogP contribution >= 0.6 is 11.6 Å². The van der Waals surface area contributed by atoms with E-state index in [2.05, 4.69) is 19.2 Å². The van der Waals surface area contributed by atoms with E-state index in [1.165, 1.54) is 12.1 Å². The molecule has 0 aliphatic heterocycles. The van der Waals surface area contributed by atoms with E-state index in [0.29, 0.717) is 24.1 Å². The highest BCUT2D eigenvalue weighted by atomic mass is 35.5. The number of ether oxygens (including phenoxy) is 1. The number of halogens is 2. The molecule has 96 valence electrons. The van der Waals surface area contributed by atoms with E-state index in [0.717, 1.165) is 18.7 Å². The molecule has 1 aromatic carbocycles. The molecule has 0 aromatic heterocycles. The minimum Gasteiger partial charge on any atom is -0.380 e. The summed E-state index contributed by atoms with van der Waals surface area (Å²) in [5.41, 5.74) is 0.900. The summed E-state index contributed by atoms with van der Waals surface area (Å²) in [4.78, 5) is 0. The third-order valence-corrected chi connectivity index (χ3v) is 2.56. The molecule has 4 heteroatoms. The lowest BCUT2D eigenvalue weighted by Gasteiger charge is -2.09. The van der Waals surface area contributed by atoms with Crippen molar-refractivity contribution in [2.45, 2.75) is 20.4 Å². The zero-order valence-electron chi connectivity index (χ0n) is 10.3. The molecule has 0 radical (unpaired) electrons. The van der Waals surface area contributed by atoms with Crippen LogP contribution < -0.4 is 5.32 Å². The first-order valence-electron chi connectivity index (χ1n) is 5.82. The fourth-order valence-electron chi connectivity index (χ4n) is 1.35. The summed E-state index contributed by atoms with van der Waals surface area (Å²) in [6.45, 7) is 7.08. The minimum absolute atomic E-state index is 0.306. The standard InChI is InChI=1S/C13H19ClFNO/c1-10(2)9-17-6-5-16-8-11-3-4-12(15)7-13(11)14/h3-4,7,10,16H,5-6,8-9H2,1-2H3. The van der Waals surface area contributed by atoms with E-state index < -0.39 is 0 Å². The largest absolute Gasteiger partial charge is 0.380 e. The summed E-state index contributed by atoms with van der Waals surface area (Å²) >= 11 is 5.90. The molecule has 0 unspecified atom stereocenters. The number of hydrogen-bond donors (Lipinski definition) is 1. The second kappa shape index (κ2) is 7.64. The van der Waals surface area contributed by atoms with Crippen LogP contribution in [0.3, 0.4) is 0 Å². The lowest BCUT2D eigenvalue weighted by Crippen LogP contribution is -2.20. The normalized spacial score (nSPS) is 11.1. The number of hydrogen-bond acceptors (Lipinski definition) is 2. The van der Waals surface area contributed by atoms with Gasteiger partial charge in [0.05, 0.1) is 6.61 Å². The van der Waals surface area contributed by atoms with Crippen LogP contribution in [0.15, 0.2) is 18.2 Å². The minimum atomic E-state index is -0.306. The molecule has 1 rings (SSSR count). The number of nitrogens with one attached hydrogen (secondary N) is 1. The van der Waals surface area contributed by atoms with Gasteiger partial charge in [0.15, 0.2) is 0 Å². The fraction of sp³-hybridized carbons (Fsp3) is 0.538. The third-order valence-electron chi connectivity index (χ3n) is 2.20. The summed E-state index contributed by atoms with van der Waals surface area (Å²) in [5.74, 6) is 0.251. The number of rotatable bonds is 7. The zero-order chi connectivity index (χ0) is 12.7. The lowest BCUT2D eigenvalue weighted by atomic mass is 10.2. The van der Waals surface area contributed by atoms with Crippen molar-refractivity contribution in [3.63, 3.8) is 0 Å². The van der Waals surface area contributed by atoms with Gasteiger partial charge in [-0.1, -0.05) is 31.5 Å². The van der Waals surface area contributed by atoms with E-state index in [4.69, 9.17) is 16.3 Å². The summed E-state index contributed by atoms with van der Waals surface area (Å²) in [6, 6.07) is 4.44. The van der Waals surface area contributed by atoms with Gasteiger partial charge >= 0.3 is 0 Å². The van der Waals surface area contributed by atoms with Crippen LogP contribution in [0, 0.1) is 11.7 Å². The van der Waals surface area contributed by atoms with Crippen molar-refractivity contribution in [3.05, 3.63) is 34.6 Å². The quantitative estimate of drug-likeness (QED) is 0.759. The van der Waals surface area contributed by atoms with Crippen LogP contribution in [0.4, 0.5) is 4.39 Å². The van der Waals surface area contributed by atoms with Crippen LogP contribution in [-0.2, 0) is 11.3 Å². The SMILES string of the molecule is CC(C)COCCNCc1ccc(F)cc1Cl. The predicted molar refractivity (Wildman–Crippen MR) is 68.8 cm³/mol. The van der Waals surface area contributed by atoms with Gasteiger partial charge in [-0.3, -0.25) is 0 Å². The van der Waals surface area contributed by atoms with Crippen molar-refractivity contribution in [2.75, 3.05) is 19.8 Å². The maximum Gasteiger partial charge on any atom is 0.124 e. The van der Waals surface area contributed by atoms with Crippen LogP contribution in [0.2, 0.25) is 5.02 Å². The van der Waals surface area contributed by atoms with Gasteiger partial charge in [-0.25, -0.2) is 4.39 Å². The zero-order valence-corrected chi connectivity index (χ0v) is 11.1.